The molecule has 8 heteroatoms. The zero-order valence-corrected chi connectivity index (χ0v) is 13.9. The molecular weight excluding hydrogens is 331 g/mol. The van der Waals surface area contributed by atoms with Gasteiger partial charge in [-0.1, -0.05) is 12.1 Å². The molecular formula is C16H19FN4O2S. The van der Waals surface area contributed by atoms with Crippen molar-refractivity contribution < 1.29 is 14.0 Å². The van der Waals surface area contributed by atoms with E-state index in [1.165, 1.54) is 23.5 Å². The number of benzene rings is 1. The maximum atomic E-state index is 12.9. The molecule has 0 fully saturated rings. The number of aromatic nitrogens is 1. The van der Waals surface area contributed by atoms with Crippen LogP contribution < -0.4 is 16.4 Å². The Kier molecular flexibility index (Phi) is 6.68. The van der Waals surface area contributed by atoms with Crippen LogP contribution in [-0.2, 0) is 11.2 Å². The van der Waals surface area contributed by atoms with E-state index in [4.69, 9.17) is 5.73 Å². The van der Waals surface area contributed by atoms with Crippen LogP contribution in [0.25, 0.3) is 0 Å². The minimum atomic E-state index is -0.559. The minimum Gasteiger partial charge on any atom is -0.352 e. The maximum absolute atomic E-state index is 12.9. The largest absolute Gasteiger partial charge is 0.352 e. The highest BCUT2D eigenvalue weighted by Gasteiger charge is 2.07. The number of amides is 3. The van der Waals surface area contributed by atoms with E-state index in [0.29, 0.717) is 37.4 Å². The van der Waals surface area contributed by atoms with E-state index in [1.54, 1.807) is 18.3 Å². The number of anilines is 1. The summed E-state index contributed by atoms with van der Waals surface area (Å²) in [5, 5.41) is 5.77. The van der Waals surface area contributed by atoms with Gasteiger partial charge in [-0.3, -0.25) is 4.79 Å². The van der Waals surface area contributed by atoms with Crippen molar-refractivity contribution in [3.05, 3.63) is 46.7 Å². The van der Waals surface area contributed by atoms with Crippen molar-refractivity contribution in [1.82, 2.24) is 10.3 Å². The first-order chi connectivity index (χ1) is 11.5. The lowest BCUT2D eigenvalue weighted by molar-refractivity contribution is -0.116. The predicted molar refractivity (Wildman–Crippen MR) is 91.4 cm³/mol. The molecule has 0 aliphatic carbocycles. The average molecular weight is 350 g/mol. The van der Waals surface area contributed by atoms with E-state index >= 15 is 0 Å². The van der Waals surface area contributed by atoms with Gasteiger partial charge in [-0.05, 0) is 30.5 Å². The monoisotopic (exact) mass is 350 g/mol. The molecule has 24 heavy (non-hydrogen) atoms. The van der Waals surface area contributed by atoms with Gasteiger partial charge in [0.05, 0.1) is 0 Å². The number of primary amides is 1. The van der Waals surface area contributed by atoms with Crippen LogP contribution in [0.4, 0.5) is 14.3 Å². The van der Waals surface area contributed by atoms with Gasteiger partial charge in [0.2, 0.25) is 5.91 Å². The zero-order valence-electron chi connectivity index (χ0n) is 13.0. The van der Waals surface area contributed by atoms with Gasteiger partial charge in [-0.25, -0.2) is 14.2 Å². The molecule has 0 bridgehead atoms. The molecule has 0 aliphatic heterocycles. The maximum Gasteiger partial charge on any atom is 0.312 e. The predicted octanol–water partition coefficient (Wildman–Crippen LogP) is 2.65. The normalized spacial score (nSPS) is 10.4. The first-order valence-corrected chi connectivity index (χ1v) is 8.37. The topological polar surface area (TPSA) is 97.1 Å². The quantitative estimate of drug-likeness (QED) is 0.639. The molecule has 0 spiro atoms. The third kappa shape index (κ3) is 6.33. The van der Waals surface area contributed by atoms with E-state index in [1.807, 2.05) is 0 Å². The van der Waals surface area contributed by atoms with E-state index in [0.717, 1.165) is 10.4 Å². The molecule has 6 nitrogen and oxygen atoms in total. The lowest BCUT2D eigenvalue weighted by Crippen LogP contribution is -2.30. The standard InChI is InChI=1S/C16H19FN4O2S/c17-12-6-4-11(5-7-12)9-13-10-20-16(24-13)21-14(22)3-1-2-8-19-15(18)23/h4-7,10H,1-3,8-9H2,(H3,18,19,23)(H,20,21,22). The van der Waals surface area contributed by atoms with E-state index < -0.39 is 6.03 Å². The van der Waals surface area contributed by atoms with Gasteiger partial charge >= 0.3 is 6.03 Å². The van der Waals surface area contributed by atoms with Gasteiger partial charge in [0, 0.05) is 30.5 Å². The number of thiazole rings is 1. The first kappa shape index (κ1) is 17.9. The molecule has 3 amide bonds. The number of nitrogens with one attached hydrogen (secondary N) is 2. The number of hydrogen-bond donors (Lipinski definition) is 3. The Balaban J connectivity index is 1.73. The van der Waals surface area contributed by atoms with Crippen LogP contribution in [0.3, 0.4) is 0 Å². The Morgan fingerprint density at radius 2 is 1.96 bits per heavy atom. The molecule has 0 atom stereocenters. The smallest absolute Gasteiger partial charge is 0.312 e. The Hall–Kier alpha value is -2.48. The summed E-state index contributed by atoms with van der Waals surface area (Å²) in [4.78, 5) is 27.5. The Bertz CT molecular complexity index is 688. The fourth-order valence-corrected chi connectivity index (χ4v) is 2.92. The highest BCUT2D eigenvalue weighted by Crippen LogP contribution is 2.21. The van der Waals surface area contributed by atoms with Crippen molar-refractivity contribution in [1.29, 1.82) is 0 Å². The van der Waals surface area contributed by atoms with Gasteiger partial charge in [-0.15, -0.1) is 11.3 Å². The summed E-state index contributed by atoms with van der Waals surface area (Å²) in [5.74, 6) is -0.376. The van der Waals surface area contributed by atoms with Crippen molar-refractivity contribution in [2.75, 3.05) is 11.9 Å². The first-order valence-electron chi connectivity index (χ1n) is 7.55. The molecule has 128 valence electrons. The van der Waals surface area contributed by atoms with Crippen LogP contribution >= 0.6 is 11.3 Å². The van der Waals surface area contributed by atoms with Crippen LogP contribution in [0.2, 0.25) is 0 Å². The zero-order chi connectivity index (χ0) is 17.4. The summed E-state index contributed by atoms with van der Waals surface area (Å²) in [6.45, 7) is 0.460. The molecule has 2 aromatic rings. The second-order valence-corrected chi connectivity index (χ2v) is 6.35. The number of nitrogens with two attached hydrogens (primary N) is 1. The van der Waals surface area contributed by atoms with Crippen LogP contribution in [0.15, 0.2) is 30.5 Å². The fraction of sp³-hybridized carbons (Fsp3) is 0.312. The summed E-state index contributed by atoms with van der Waals surface area (Å²) in [7, 11) is 0. The van der Waals surface area contributed by atoms with Crippen molar-refractivity contribution in [3.63, 3.8) is 0 Å². The molecule has 0 radical (unpaired) electrons. The molecule has 1 aromatic carbocycles. The molecule has 1 heterocycles. The van der Waals surface area contributed by atoms with Gasteiger partial charge in [0.25, 0.3) is 0 Å². The van der Waals surface area contributed by atoms with Crippen LogP contribution in [-0.4, -0.2) is 23.5 Å². The summed E-state index contributed by atoms with van der Waals surface area (Å²) >= 11 is 1.40. The average Bonchev–Trinajstić information content (AvgIpc) is 2.96. The Labute approximate surface area is 143 Å². The highest BCUT2D eigenvalue weighted by molar-refractivity contribution is 7.15. The number of rotatable bonds is 8. The van der Waals surface area contributed by atoms with Crippen LogP contribution in [0, 0.1) is 5.82 Å². The Morgan fingerprint density at radius 3 is 2.67 bits per heavy atom. The lowest BCUT2D eigenvalue weighted by atomic mass is 10.1. The lowest BCUT2D eigenvalue weighted by Gasteiger charge is -2.02. The molecule has 0 saturated carbocycles. The van der Waals surface area contributed by atoms with Gasteiger partial charge in [-0.2, -0.15) is 0 Å². The number of unbranched alkanes of at least 4 members (excludes halogenated alkanes) is 1. The molecule has 0 unspecified atom stereocenters. The third-order valence-electron chi connectivity index (χ3n) is 3.22. The van der Waals surface area contributed by atoms with E-state index in [2.05, 4.69) is 15.6 Å². The number of carbonyl (C=O) groups is 2. The molecule has 2 rings (SSSR count). The second kappa shape index (κ2) is 8.97. The Morgan fingerprint density at radius 1 is 1.21 bits per heavy atom. The van der Waals surface area contributed by atoms with Gasteiger partial charge < -0.3 is 16.4 Å². The van der Waals surface area contributed by atoms with Crippen molar-refractivity contribution in [2.24, 2.45) is 5.73 Å². The minimum absolute atomic E-state index is 0.114. The van der Waals surface area contributed by atoms with Crippen LogP contribution in [0.1, 0.15) is 29.7 Å². The summed E-state index contributed by atoms with van der Waals surface area (Å²) < 4.78 is 12.9. The molecule has 0 aliphatic rings. The number of carbonyl (C=O) groups excluding carboxylic acids is 2. The van der Waals surface area contributed by atoms with Crippen molar-refractivity contribution in [3.8, 4) is 0 Å². The number of nitrogens with zero attached hydrogens (tertiary/aromatic N) is 1. The van der Waals surface area contributed by atoms with E-state index in [9.17, 15) is 14.0 Å². The van der Waals surface area contributed by atoms with E-state index in [-0.39, 0.29) is 11.7 Å². The van der Waals surface area contributed by atoms with Crippen molar-refractivity contribution >= 4 is 28.4 Å². The number of halogens is 1. The highest BCUT2D eigenvalue weighted by atomic mass is 32.1. The van der Waals surface area contributed by atoms with Gasteiger partial charge in [0.15, 0.2) is 5.13 Å². The summed E-state index contributed by atoms with van der Waals surface area (Å²) in [5.41, 5.74) is 5.93. The summed E-state index contributed by atoms with van der Waals surface area (Å²) in [6, 6.07) is 5.75. The molecule has 0 saturated heterocycles. The SMILES string of the molecule is NC(=O)NCCCCC(=O)Nc1ncc(Cc2ccc(F)cc2)s1. The number of urea groups is 1. The second-order valence-electron chi connectivity index (χ2n) is 5.23. The summed E-state index contributed by atoms with van der Waals surface area (Å²) in [6.07, 6.45) is 4.05. The van der Waals surface area contributed by atoms with Gasteiger partial charge in [0.1, 0.15) is 5.82 Å². The van der Waals surface area contributed by atoms with Crippen molar-refractivity contribution in [2.45, 2.75) is 25.7 Å². The molecule has 4 N–H and O–H groups in total. The number of hydrogen-bond acceptors (Lipinski definition) is 4. The molecule has 1 aromatic heterocycles. The fourth-order valence-electron chi connectivity index (χ4n) is 2.05. The third-order valence-corrected chi connectivity index (χ3v) is 4.13. The van der Waals surface area contributed by atoms with Crippen LogP contribution in [0.5, 0.6) is 0 Å².